The minimum Gasteiger partial charge on any atom is -0.480 e. The highest BCUT2D eigenvalue weighted by molar-refractivity contribution is 5.74. The summed E-state index contributed by atoms with van der Waals surface area (Å²) in [6, 6.07) is 13.2. The number of carboxylic acids is 1. The third kappa shape index (κ3) is 2.92. The molecule has 1 fully saturated rings. The molecule has 0 amide bonds. The molecule has 1 aliphatic heterocycles. The smallest absolute Gasteiger partial charge is 0.322 e. The van der Waals surface area contributed by atoms with Crippen molar-refractivity contribution in [2.24, 2.45) is 0 Å². The Labute approximate surface area is 129 Å². The van der Waals surface area contributed by atoms with Crippen molar-refractivity contribution in [2.45, 2.75) is 6.04 Å². The second kappa shape index (κ2) is 6.11. The van der Waals surface area contributed by atoms with Gasteiger partial charge in [-0.1, -0.05) is 30.3 Å². The molecular formula is C16H18N4O2. The fourth-order valence-corrected chi connectivity index (χ4v) is 2.61. The van der Waals surface area contributed by atoms with Crippen LogP contribution in [0.5, 0.6) is 0 Å². The van der Waals surface area contributed by atoms with Crippen LogP contribution in [-0.4, -0.2) is 58.9 Å². The molecule has 1 atom stereocenters. The summed E-state index contributed by atoms with van der Waals surface area (Å²) in [6.07, 6.45) is 0. The molecule has 0 radical (unpaired) electrons. The summed E-state index contributed by atoms with van der Waals surface area (Å²) in [5, 5.41) is 17.8. The molecule has 1 N–H and O–H groups in total. The first-order valence-electron chi connectivity index (χ1n) is 7.22. The van der Waals surface area contributed by atoms with Crippen molar-refractivity contribution in [1.29, 1.82) is 0 Å². The quantitative estimate of drug-likeness (QED) is 0.922. The third-order valence-electron chi connectivity index (χ3n) is 3.98. The molecule has 0 saturated carbocycles. The van der Waals surface area contributed by atoms with E-state index in [-0.39, 0.29) is 0 Å². The van der Waals surface area contributed by atoms with Gasteiger partial charge in [-0.3, -0.25) is 9.69 Å². The third-order valence-corrected chi connectivity index (χ3v) is 3.98. The van der Waals surface area contributed by atoms with Crippen molar-refractivity contribution in [2.75, 3.05) is 31.6 Å². The van der Waals surface area contributed by atoms with Crippen LogP contribution in [0.4, 0.5) is 5.82 Å². The zero-order valence-corrected chi connectivity index (χ0v) is 12.4. The lowest BCUT2D eigenvalue weighted by Gasteiger charge is -2.37. The largest absolute Gasteiger partial charge is 0.480 e. The SMILES string of the molecule is CN1CCN(c2ccc(-c3ccccc3)nn2)CC1C(=O)O. The van der Waals surface area contributed by atoms with Gasteiger partial charge in [0.1, 0.15) is 6.04 Å². The number of likely N-dealkylation sites (N-methyl/N-ethyl adjacent to an activating group) is 1. The number of carboxylic acid groups (broad SMARTS) is 1. The van der Waals surface area contributed by atoms with Crippen LogP contribution in [-0.2, 0) is 4.79 Å². The van der Waals surface area contributed by atoms with E-state index in [4.69, 9.17) is 0 Å². The number of carbonyl (C=O) groups is 1. The monoisotopic (exact) mass is 298 g/mol. The maximum absolute atomic E-state index is 11.3. The Bertz CT molecular complexity index is 645. The first-order valence-corrected chi connectivity index (χ1v) is 7.22. The summed E-state index contributed by atoms with van der Waals surface area (Å²) >= 11 is 0. The molecular weight excluding hydrogens is 280 g/mol. The van der Waals surface area contributed by atoms with Gasteiger partial charge in [0.2, 0.25) is 0 Å². The van der Waals surface area contributed by atoms with Crippen molar-refractivity contribution in [3.63, 3.8) is 0 Å². The van der Waals surface area contributed by atoms with Gasteiger partial charge in [-0.25, -0.2) is 0 Å². The molecule has 2 heterocycles. The van der Waals surface area contributed by atoms with Gasteiger partial charge in [0.25, 0.3) is 0 Å². The lowest BCUT2D eigenvalue weighted by atomic mass is 10.1. The van der Waals surface area contributed by atoms with E-state index in [9.17, 15) is 9.90 Å². The van der Waals surface area contributed by atoms with Crippen molar-refractivity contribution in [1.82, 2.24) is 15.1 Å². The van der Waals surface area contributed by atoms with Crippen molar-refractivity contribution in [3.05, 3.63) is 42.5 Å². The minimum atomic E-state index is -0.805. The Morgan fingerprint density at radius 3 is 2.55 bits per heavy atom. The summed E-state index contributed by atoms with van der Waals surface area (Å²) in [5.74, 6) is -0.0832. The van der Waals surface area contributed by atoms with E-state index < -0.39 is 12.0 Å². The van der Waals surface area contributed by atoms with E-state index in [0.29, 0.717) is 13.1 Å². The first kappa shape index (κ1) is 14.5. The van der Waals surface area contributed by atoms with Crippen LogP contribution < -0.4 is 4.90 Å². The van der Waals surface area contributed by atoms with Crippen molar-refractivity contribution >= 4 is 11.8 Å². The Kier molecular flexibility index (Phi) is 4.02. The second-order valence-electron chi connectivity index (χ2n) is 5.42. The molecule has 22 heavy (non-hydrogen) atoms. The van der Waals surface area contributed by atoms with Crippen LogP contribution in [0.25, 0.3) is 11.3 Å². The molecule has 0 bridgehead atoms. The summed E-state index contributed by atoms with van der Waals surface area (Å²) in [4.78, 5) is 15.1. The predicted molar refractivity (Wildman–Crippen MR) is 83.7 cm³/mol. The summed E-state index contributed by atoms with van der Waals surface area (Å²) in [6.45, 7) is 1.87. The average Bonchev–Trinajstić information content (AvgIpc) is 2.56. The van der Waals surface area contributed by atoms with E-state index >= 15 is 0 Å². The topological polar surface area (TPSA) is 69.6 Å². The van der Waals surface area contributed by atoms with E-state index in [2.05, 4.69) is 10.2 Å². The van der Waals surface area contributed by atoms with Gasteiger partial charge in [-0.15, -0.1) is 10.2 Å². The van der Waals surface area contributed by atoms with Gasteiger partial charge >= 0.3 is 5.97 Å². The molecule has 1 saturated heterocycles. The molecule has 1 aromatic heterocycles. The minimum absolute atomic E-state index is 0.422. The normalized spacial score (nSPS) is 19.1. The molecule has 1 aromatic carbocycles. The van der Waals surface area contributed by atoms with E-state index in [1.807, 2.05) is 59.3 Å². The second-order valence-corrected chi connectivity index (χ2v) is 5.42. The van der Waals surface area contributed by atoms with Gasteiger partial charge in [0, 0.05) is 25.2 Å². The van der Waals surface area contributed by atoms with Gasteiger partial charge in [0.15, 0.2) is 5.82 Å². The van der Waals surface area contributed by atoms with Gasteiger partial charge < -0.3 is 10.0 Å². The number of anilines is 1. The number of benzene rings is 1. The predicted octanol–water partition coefficient (Wildman–Crippen LogP) is 1.35. The summed E-state index contributed by atoms with van der Waals surface area (Å²) in [5.41, 5.74) is 1.83. The fourth-order valence-electron chi connectivity index (χ4n) is 2.61. The Morgan fingerprint density at radius 1 is 1.14 bits per heavy atom. The zero-order chi connectivity index (χ0) is 15.5. The van der Waals surface area contributed by atoms with Crippen LogP contribution >= 0.6 is 0 Å². The molecule has 114 valence electrons. The first-order chi connectivity index (χ1) is 10.6. The van der Waals surface area contributed by atoms with Gasteiger partial charge in [-0.05, 0) is 19.2 Å². The molecule has 1 aliphatic rings. The van der Waals surface area contributed by atoms with Crippen LogP contribution in [0.15, 0.2) is 42.5 Å². The summed E-state index contributed by atoms with van der Waals surface area (Å²) < 4.78 is 0. The summed E-state index contributed by atoms with van der Waals surface area (Å²) in [7, 11) is 1.83. The molecule has 1 unspecified atom stereocenters. The average molecular weight is 298 g/mol. The molecule has 2 aromatic rings. The lowest BCUT2D eigenvalue weighted by Crippen LogP contribution is -2.55. The molecule has 3 rings (SSSR count). The number of hydrogen-bond donors (Lipinski definition) is 1. The maximum atomic E-state index is 11.3. The van der Waals surface area contributed by atoms with E-state index in [0.717, 1.165) is 23.6 Å². The van der Waals surface area contributed by atoms with Crippen molar-refractivity contribution < 1.29 is 9.90 Å². The lowest BCUT2D eigenvalue weighted by molar-refractivity contribution is -0.142. The van der Waals surface area contributed by atoms with Gasteiger partial charge in [-0.2, -0.15) is 0 Å². The molecule has 6 nitrogen and oxygen atoms in total. The standard InChI is InChI=1S/C16H18N4O2/c1-19-9-10-20(11-14(19)16(21)22)15-8-7-13(17-18-15)12-5-3-2-4-6-12/h2-8,14H,9-11H2,1H3,(H,21,22). The van der Waals surface area contributed by atoms with Crippen LogP contribution in [0, 0.1) is 0 Å². The Balaban J connectivity index is 1.77. The number of aromatic nitrogens is 2. The van der Waals surface area contributed by atoms with Gasteiger partial charge in [0.05, 0.1) is 5.69 Å². The highest BCUT2D eigenvalue weighted by Crippen LogP contribution is 2.20. The zero-order valence-electron chi connectivity index (χ0n) is 12.4. The highest BCUT2D eigenvalue weighted by atomic mass is 16.4. The molecule has 0 aliphatic carbocycles. The van der Waals surface area contributed by atoms with Crippen LogP contribution in [0.2, 0.25) is 0 Å². The van der Waals surface area contributed by atoms with E-state index in [1.165, 1.54) is 0 Å². The molecule has 6 heteroatoms. The number of nitrogens with zero attached hydrogens (tertiary/aromatic N) is 4. The Hall–Kier alpha value is -2.47. The van der Waals surface area contributed by atoms with Crippen LogP contribution in [0.1, 0.15) is 0 Å². The molecule has 0 spiro atoms. The Morgan fingerprint density at radius 2 is 1.91 bits per heavy atom. The number of aliphatic carboxylic acids is 1. The van der Waals surface area contributed by atoms with Crippen LogP contribution in [0.3, 0.4) is 0 Å². The number of piperazine rings is 1. The van der Waals surface area contributed by atoms with Crippen molar-refractivity contribution in [3.8, 4) is 11.3 Å². The van der Waals surface area contributed by atoms with E-state index in [1.54, 1.807) is 0 Å². The number of hydrogen-bond acceptors (Lipinski definition) is 5. The fraction of sp³-hybridized carbons (Fsp3) is 0.312. The highest BCUT2D eigenvalue weighted by Gasteiger charge is 2.30. The maximum Gasteiger partial charge on any atom is 0.322 e. The number of rotatable bonds is 3.